The van der Waals surface area contributed by atoms with Gasteiger partial charge in [-0.2, -0.15) is 0 Å². The highest BCUT2D eigenvalue weighted by Gasteiger charge is 2.13. The number of hydrogen-bond donors (Lipinski definition) is 1. The number of nitrogens with two attached hydrogens (primary N) is 1. The van der Waals surface area contributed by atoms with E-state index in [1.54, 1.807) is 4.90 Å². The van der Waals surface area contributed by atoms with Gasteiger partial charge in [0.05, 0.1) is 6.42 Å². The first-order valence-electron chi connectivity index (χ1n) is 6.44. The number of rotatable bonds is 5. The third kappa shape index (κ3) is 4.15. The molecule has 1 aromatic rings. The van der Waals surface area contributed by atoms with Gasteiger partial charge >= 0.3 is 0 Å². The molecule has 0 fully saturated rings. The van der Waals surface area contributed by atoms with Gasteiger partial charge in [0.15, 0.2) is 0 Å². The molecule has 3 nitrogen and oxygen atoms in total. The van der Waals surface area contributed by atoms with Crippen LogP contribution in [0.1, 0.15) is 23.6 Å². The average Bonchev–Trinajstić information content (AvgIpc) is 2.33. The zero-order valence-corrected chi connectivity index (χ0v) is 11.9. The van der Waals surface area contributed by atoms with Crippen molar-refractivity contribution in [2.24, 2.45) is 11.7 Å². The lowest BCUT2D eigenvalue weighted by Crippen LogP contribution is -2.34. The van der Waals surface area contributed by atoms with Crippen LogP contribution in [0.4, 0.5) is 0 Å². The summed E-state index contributed by atoms with van der Waals surface area (Å²) in [6.07, 6.45) is 0.474. The van der Waals surface area contributed by atoms with E-state index in [2.05, 4.69) is 25.1 Å². The summed E-state index contributed by atoms with van der Waals surface area (Å²) in [6.45, 7) is 7.49. The van der Waals surface area contributed by atoms with Crippen LogP contribution in [-0.2, 0) is 11.2 Å². The molecule has 0 saturated heterocycles. The van der Waals surface area contributed by atoms with Crippen molar-refractivity contribution < 1.29 is 4.79 Å². The number of nitrogens with zero attached hydrogens (tertiary/aromatic N) is 1. The van der Waals surface area contributed by atoms with Gasteiger partial charge in [-0.05, 0) is 37.4 Å². The topological polar surface area (TPSA) is 46.3 Å². The number of benzene rings is 1. The molecule has 0 aliphatic heterocycles. The van der Waals surface area contributed by atoms with E-state index >= 15 is 0 Å². The molecule has 0 heterocycles. The van der Waals surface area contributed by atoms with E-state index in [1.165, 1.54) is 11.1 Å². The predicted molar refractivity (Wildman–Crippen MR) is 75.5 cm³/mol. The summed E-state index contributed by atoms with van der Waals surface area (Å²) in [5.74, 6) is 0.501. The van der Waals surface area contributed by atoms with E-state index in [-0.39, 0.29) is 5.91 Å². The molecule has 1 aromatic carbocycles. The highest BCUT2D eigenvalue weighted by atomic mass is 16.2. The first-order chi connectivity index (χ1) is 8.43. The zero-order chi connectivity index (χ0) is 13.7. The normalized spacial score (nSPS) is 12.3. The molecule has 1 rings (SSSR count). The summed E-state index contributed by atoms with van der Waals surface area (Å²) in [5.41, 5.74) is 9.07. The molecule has 0 radical (unpaired) electrons. The second kappa shape index (κ2) is 6.55. The van der Waals surface area contributed by atoms with Crippen molar-refractivity contribution >= 4 is 5.91 Å². The molecule has 0 aromatic heterocycles. The summed E-state index contributed by atoms with van der Waals surface area (Å²) >= 11 is 0. The Bertz CT molecular complexity index is 415. The first-order valence-corrected chi connectivity index (χ1v) is 6.44. The second-order valence-corrected chi connectivity index (χ2v) is 5.22. The van der Waals surface area contributed by atoms with Gasteiger partial charge in [0.1, 0.15) is 0 Å². The fourth-order valence-corrected chi connectivity index (χ4v) is 1.93. The van der Waals surface area contributed by atoms with E-state index in [0.717, 1.165) is 12.1 Å². The fourth-order valence-electron chi connectivity index (χ4n) is 1.93. The minimum Gasteiger partial charge on any atom is -0.345 e. The van der Waals surface area contributed by atoms with Crippen molar-refractivity contribution in [2.45, 2.75) is 27.2 Å². The van der Waals surface area contributed by atoms with E-state index in [0.29, 0.717) is 18.9 Å². The van der Waals surface area contributed by atoms with E-state index in [1.807, 2.05) is 20.9 Å². The molecule has 3 heteroatoms. The average molecular weight is 248 g/mol. The Morgan fingerprint density at radius 3 is 2.67 bits per heavy atom. The largest absolute Gasteiger partial charge is 0.345 e. The van der Waals surface area contributed by atoms with Crippen LogP contribution in [0.3, 0.4) is 0 Å². The maximum absolute atomic E-state index is 12.1. The van der Waals surface area contributed by atoms with Gasteiger partial charge in [-0.1, -0.05) is 30.7 Å². The lowest BCUT2D eigenvalue weighted by Gasteiger charge is -2.21. The van der Waals surface area contributed by atoms with Gasteiger partial charge < -0.3 is 10.6 Å². The Kier molecular flexibility index (Phi) is 5.35. The summed E-state index contributed by atoms with van der Waals surface area (Å²) < 4.78 is 0. The molecule has 0 saturated carbocycles. The Labute approximate surface area is 110 Å². The molecular weight excluding hydrogens is 224 g/mol. The fraction of sp³-hybridized carbons (Fsp3) is 0.533. The zero-order valence-electron chi connectivity index (χ0n) is 11.9. The Hall–Kier alpha value is -1.35. The van der Waals surface area contributed by atoms with Crippen LogP contribution >= 0.6 is 0 Å². The van der Waals surface area contributed by atoms with Gasteiger partial charge in [0.2, 0.25) is 5.91 Å². The van der Waals surface area contributed by atoms with Gasteiger partial charge in [0, 0.05) is 13.6 Å². The molecule has 0 bridgehead atoms. The van der Waals surface area contributed by atoms with E-state index in [4.69, 9.17) is 5.73 Å². The standard InChI is InChI=1S/C15H24N2O/c1-11-5-6-13(3)14(7-11)8-15(18)17(4)10-12(2)9-16/h5-7,12H,8-10,16H2,1-4H3. The second-order valence-electron chi connectivity index (χ2n) is 5.22. The van der Waals surface area contributed by atoms with Crippen molar-refractivity contribution in [3.8, 4) is 0 Å². The predicted octanol–water partition coefficient (Wildman–Crippen LogP) is 1.90. The SMILES string of the molecule is Cc1ccc(C)c(CC(=O)N(C)CC(C)CN)c1. The van der Waals surface area contributed by atoms with E-state index in [9.17, 15) is 4.79 Å². The van der Waals surface area contributed by atoms with Crippen molar-refractivity contribution in [3.63, 3.8) is 0 Å². The van der Waals surface area contributed by atoms with Gasteiger partial charge in [-0.15, -0.1) is 0 Å². The first kappa shape index (κ1) is 14.7. The quantitative estimate of drug-likeness (QED) is 0.865. The highest BCUT2D eigenvalue weighted by molar-refractivity contribution is 5.78. The van der Waals surface area contributed by atoms with Gasteiger partial charge in [-0.3, -0.25) is 4.79 Å². The van der Waals surface area contributed by atoms with Crippen LogP contribution in [0.2, 0.25) is 0 Å². The smallest absolute Gasteiger partial charge is 0.226 e. The van der Waals surface area contributed by atoms with Crippen LogP contribution < -0.4 is 5.73 Å². The summed E-state index contributed by atoms with van der Waals surface area (Å²) in [5, 5.41) is 0. The number of likely N-dealkylation sites (N-methyl/N-ethyl adjacent to an activating group) is 1. The van der Waals surface area contributed by atoms with Gasteiger partial charge in [-0.25, -0.2) is 0 Å². The molecule has 0 spiro atoms. The molecule has 100 valence electrons. The van der Waals surface area contributed by atoms with Crippen molar-refractivity contribution in [1.29, 1.82) is 0 Å². The number of amides is 1. The summed E-state index contributed by atoms with van der Waals surface area (Å²) in [6, 6.07) is 6.23. The van der Waals surface area contributed by atoms with Crippen molar-refractivity contribution in [1.82, 2.24) is 4.90 Å². The van der Waals surface area contributed by atoms with E-state index < -0.39 is 0 Å². The summed E-state index contributed by atoms with van der Waals surface area (Å²) in [4.78, 5) is 13.9. The van der Waals surface area contributed by atoms with Gasteiger partial charge in [0.25, 0.3) is 0 Å². The minimum absolute atomic E-state index is 0.156. The van der Waals surface area contributed by atoms with Crippen LogP contribution in [0, 0.1) is 19.8 Å². The minimum atomic E-state index is 0.156. The molecule has 1 atom stereocenters. The maximum Gasteiger partial charge on any atom is 0.226 e. The molecule has 1 unspecified atom stereocenters. The van der Waals surface area contributed by atoms with Crippen LogP contribution in [0.5, 0.6) is 0 Å². The Morgan fingerprint density at radius 1 is 1.39 bits per heavy atom. The summed E-state index contributed by atoms with van der Waals surface area (Å²) in [7, 11) is 1.85. The third-order valence-corrected chi connectivity index (χ3v) is 3.26. The monoisotopic (exact) mass is 248 g/mol. The molecule has 1 amide bonds. The number of carbonyl (C=O) groups excluding carboxylic acids is 1. The highest BCUT2D eigenvalue weighted by Crippen LogP contribution is 2.12. The molecule has 2 N–H and O–H groups in total. The van der Waals surface area contributed by atoms with Crippen molar-refractivity contribution in [3.05, 3.63) is 34.9 Å². The molecule has 0 aliphatic rings. The number of hydrogen-bond acceptors (Lipinski definition) is 2. The maximum atomic E-state index is 12.1. The van der Waals surface area contributed by atoms with Crippen LogP contribution in [0.15, 0.2) is 18.2 Å². The van der Waals surface area contributed by atoms with Crippen LogP contribution in [0.25, 0.3) is 0 Å². The Balaban J connectivity index is 2.66. The number of carbonyl (C=O) groups is 1. The lowest BCUT2D eigenvalue weighted by atomic mass is 10.0. The molecule has 18 heavy (non-hydrogen) atoms. The third-order valence-electron chi connectivity index (χ3n) is 3.26. The molecular formula is C15H24N2O. The van der Waals surface area contributed by atoms with Crippen molar-refractivity contribution in [2.75, 3.05) is 20.1 Å². The Morgan fingerprint density at radius 2 is 2.06 bits per heavy atom. The number of aryl methyl sites for hydroxylation is 2. The van der Waals surface area contributed by atoms with Crippen LogP contribution in [-0.4, -0.2) is 30.9 Å². The molecule has 0 aliphatic carbocycles. The lowest BCUT2D eigenvalue weighted by molar-refractivity contribution is -0.129.